The van der Waals surface area contributed by atoms with E-state index < -0.39 is 0 Å². The van der Waals surface area contributed by atoms with Crippen LogP contribution in [0.2, 0.25) is 0 Å². The number of hydrogen-bond acceptors (Lipinski definition) is 2. The normalized spacial score (nSPS) is 10.4. The molecule has 0 amide bonds. The van der Waals surface area contributed by atoms with Crippen molar-refractivity contribution in [3.8, 4) is 0 Å². The van der Waals surface area contributed by atoms with Crippen molar-refractivity contribution in [2.45, 2.75) is 13.8 Å². The second kappa shape index (κ2) is 4.98. The monoisotopic (exact) mass is 308 g/mol. The molecule has 94 valence electrons. The van der Waals surface area contributed by atoms with Crippen molar-refractivity contribution in [3.05, 3.63) is 51.7 Å². The highest BCUT2D eigenvalue weighted by Gasteiger charge is 2.05. The summed E-state index contributed by atoms with van der Waals surface area (Å²) in [5, 5.41) is 3.18. The Hall–Kier alpha value is -1.55. The van der Waals surface area contributed by atoms with Crippen molar-refractivity contribution in [2.24, 2.45) is 0 Å². The van der Waals surface area contributed by atoms with Crippen LogP contribution in [0.15, 0.2) is 34.8 Å². The van der Waals surface area contributed by atoms with Crippen molar-refractivity contribution < 1.29 is 4.39 Å². The molecule has 18 heavy (non-hydrogen) atoms. The van der Waals surface area contributed by atoms with Crippen LogP contribution in [0.25, 0.3) is 0 Å². The van der Waals surface area contributed by atoms with Gasteiger partial charge in [0.2, 0.25) is 0 Å². The molecule has 2 aromatic carbocycles. The summed E-state index contributed by atoms with van der Waals surface area (Å²) in [6.45, 7) is 3.79. The zero-order valence-corrected chi connectivity index (χ0v) is 11.8. The Balaban J connectivity index is 2.36. The largest absolute Gasteiger partial charge is 0.398 e. The minimum absolute atomic E-state index is 0.249. The molecule has 0 spiro atoms. The van der Waals surface area contributed by atoms with Crippen LogP contribution in [0, 0.1) is 19.7 Å². The summed E-state index contributed by atoms with van der Waals surface area (Å²) in [7, 11) is 0. The minimum atomic E-state index is -0.249. The first-order chi connectivity index (χ1) is 8.45. The molecule has 0 unspecified atom stereocenters. The third-order valence-corrected chi connectivity index (χ3v) is 3.33. The van der Waals surface area contributed by atoms with E-state index >= 15 is 0 Å². The first kappa shape index (κ1) is 12.9. The summed E-state index contributed by atoms with van der Waals surface area (Å²) < 4.78 is 14.2. The predicted molar refractivity (Wildman–Crippen MR) is 77.7 cm³/mol. The summed E-state index contributed by atoms with van der Waals surface area (Å²) in [5.74, 6) is -0.249. The first-order valence-corrected chi connectivity index (χ1v) is 6.35. The predicted octanol–water partition coefficient (Wildman–Crippen LogP) is 4.53. The number of anilines is 3. The molecule has 2 nitrogen and oxygen atoms in total. The van der Waals surface area contributed by atoms with Crippen molar-refractivity contribution in [2.75, 3.05) is 11.1 Å². The van der Waals surface area contributed by atoms with Gasteiger partial charge in [-0.05, 0) is 71.2 Å². The van der Waals surface area contributed by atoms with E-state index in [0.717, 1.165) is 32.7 Å². The fourth-order valence-corrected chi connectivity index (χ4v) is 2.22. The van der Waals surface area contributed by atoms with Gasteiger partial charge in [0, 0.05) is 15.8 Å². The fraction of sp³-hybridized carbons (Fsp3) is 0.143. The van der Waals surface area contributed by atoms with Gasteiger partial charge in [0.1, 0.15) is 5.82 Å². The van der Waals surface area contributed by atoms with E-state index in [1.165, 1.54) is 12.1 Å². The quantitative estimate of drug-likeness (QED) is 0.800. The smallest absolute Gasteiger partial charge is 0.125 e. The molecule has 0 radical (unpaired) electrons. The highest BCUT2D eigenvalue weighted by atomic mass is 79.9. The molecule has 0 bridgehead atoms. The van der Waals surface area contributed by atoms with Crippen molar-refractivity contribution in [1.82, 2.24) is 0 Å². The topological polar surface area (TPSA) is 38.0 Å². The van der Waals surface area contributed by atoms with Crippen LogP contribution in [-0.4, -0.2) is 0 Å². The molecule has 0 fully saturated rings. The molecule has 0 aliphatic rings. The lowest BCUT2D eigenvalue weighted by Crippen LogP contribution is -1.96. The lowest BCUT2D eigenvalue weighted by molar-refractivity contribution is 0.627. The Bertz CT molecular complexity index is 576. The number of benzene rings is 2. The molecular weight excluding hydrogens is 295 g/mol. The van der Waals surface area contributed by atoms with E-state index in [2.05, 4.69) is 21.2 Å². The minimum Gasteiger partial charge on any atom is -0.398 e. The van der Waals surface area contributed by atoms with E-state index in [0.29, 0.717) is 0 Å². The van der Waals surface area contributed by atoms with E-state index in [1.807, 2.05) is 32.0 Å². The van der Waals surface area contributed by atoms with Gasteiger partial charge in [0.15, 0.2) is 0 Å². The highest BCUT2D eigenvalue weighted by Crippen LogP contribution is 2.30. The number of nitrogens with one attached hydrogen (secondary N) is 1. The van der Waals surface area contributed by atoms with Gasteiger partial charge >= 0.3 is 0 Å². The lowest BCUT2D eigenvalue weighted by atomic mass is 10.1. The zero-order valence-electron chi connectivity index (χ0n) is 10.2. The molecule has 0 saturated carbocycles. The summed E-state index contributed by atoms with van der Waals surface area (Å²) in [5.41, 5.74) is 9.98. The third kappa shape index (κ3) is 2.82. The van der Waals surface area contributed by atoms with Crippen LogP contribution < -0.4 is 11.1 Å². The molecule has 2 rings (SSSR count). The Morgan fingerprint density at radius 1 is 1.11 bits per heavy atom. The van der Waals surface area contributed by atoms with Gasteiger partial charge in [-0.15, -0.1) is 0 Å². The Kier molecular flexibility index (Phi) is 3.57. The molecule has 2 aromatic rings. The van der Waals surface area contributed by atoms with Crippen molar-refractivity contribution in [3.63, 3.8) is 0 Å². The summed E-state index contributed by atoms with van der Waals surface area (Å²) in [4.78, 5) is 0. The summed E-state index contributed by atoms with van der Waals surface area (Å²) in [6.07, 6.45) is 0. The number of nitrogens with two attached hydrogens (primary N) is 1. The summed E-state index contributed by atoms with van der Waals surface area (Å²) >= 11 is 3.44. The number of rotatable bonds is 2. The first-order valence-electron chi connectivity index (χ1n) is 5.55. The molecule has 4 heteroatoms. The van der Waals surface area contributed by atoms with E-state index in [4.69, 9.17) is 5.73 Å². The highest BCUT2D eigenvalue weighted by molar-refractivity contribution is 9.10. The molecule has 0 aromatic heterocycles. The maximum Gasteiger partial charge on any atom is 0.125 e. The van der Waals surface area contributed by atoms with Crippen LogP contribution in [0.5, 0.6) is 0 Å². The van der Waals surface area contributed by atoms with Gasteiger partial charge in [0.25, 0.3) is 0 Å². The average molecular weight is 309 g/mol. The van der Waals surface area contributed by atoms with Crippen LogP contribution >= 0.6 is 15.9 Å². The van der Waals surface area contributed by atoms with Gasteiger partial charge in [-0.2, -0.15) is 0 Å². The van der Waals surface area contributed by atoms with Crippen LogP contribution in [0.3, 0.4) is 0 Å². The average Bonchev–Trinajstić information content (AvgIpc) is 2.24. The number of nitrogen functional groups attached to an aromatic ring is 1. The standard InChI is InChI=1S/C14H14BrFN2/c1-8-3-10(16)6-11(4-8)18-14-5-9(2)13(17)7-12(14)15/h3-7,18H,17H2,1-2H3. The van der Waals surface area contributed by atoms with Crippen LogP contribution in [-0.2, 0) is 0 Å². The number of halogens is 2. The van der Waals surface area contributed by atoms with E-state index in [9.17, 15) is 4.39 Å². The molecule has 3 N–H and O–H groups in total. The third-order valence-electron chi connectivity index (χ3n) is 2.68. The molecule has 0 aliphatic carbocycles. The zero-order chi connectivity index (χ0) is 13.3. The Morgan fingerprint density at radius 3 is 2.50 bits per heavy atom. The van der Waals surface area contributed by atoms with Gasteiger partial charge in [-0.25, -0.2) is 4.39 Å². The maximum absolute atomic E-state index is 13.3. The van der Waals surface area contributed by atoms with Crippen molar-refractivity contribution >= 4 is 33.0 Å². The van der Waals surface area contributed by atoms with Gasteiger partial charge < -0.3 is 11.1 Å². The molecule has 0 heterocycles. The molecule has 0 saturated heterocycles. The Morgan fingerprint density at radius 2 is 1.83 bits per heavy atom. The Labute approximate surface area is 114 Å². The van der Waals surface area contributed by atoms with Gasteiger partial charge in [-0.3, -0.25) is 0 Å². The van der Waals surface area contributed by atoms with Gasteiger partial charge in [-0.1, -0.05) is 0 Å². The maximum atomic E-state index is 13.3. The SMILES string of the molecule is Cc1cc(F)cc(Nc2cc(C)c(N)cc2Br)c1. The second-order valence-electron chi connectivity index (χ2n) is 4.33. The fourth-order valence-electron chi connectivity index (χ4n) is 1.76. The van der Waals surface area contributed by atoms with Crippen LogP contribution in [0.4, 0.5) is 21.5 Å². The second-order valence-corrected chi connectivity index (χ2v) is 5.19. The number of aryl methyl sites for hydroxylation is 2. The molecule has 0 aliphatic heterocycles. The summed E-state index contributed by atoms with van der Waals surface area (Å²) in [6, 6.07) is 8.62. The number of hydrogen-bond donors (Lipinski definition) is 2. The van der Waals surface area contributed by atoms with E-state index in [-0.39, 0.29) is 5.82 Å². The van der Waals surface area contributed by atoms with Gasteiger partial charge in [0.05, 0.1) is 5.69 Å². The van der Waals surface area contributed by atoms with E-state index in [1.54, 1.807) is 0 Å². The molecule has 0 atom stereocenters. The molecular formula is C14H14BrFN2. The van der Waals surface area contributed by atoms with Crippen molar-refractivity contribution in [1.29, 1.82) is 0 Å². The lowest BCUT2D eigenvalue weighted by Gasteiger charge is -2.12. The van der Waals surface area contributed by atoms with Crippen LogP contribution in [0.1, 0.15) is 11.1 Å².